The van der Waals surface area contributed by atoms with E-state index in [1.807, 2.05) is 17.0 Å². The molecule has 0 radical (unpaired) electrons. The van der Waals surface area contributed by atoms with E-state index in [1.165, 1.54) is 17.5 Å². The van der Waals surface area contributed by atoms with Crippen molar-refractivity contribution in [2.75, 3.05) is 32.5 Å². The van der Waals surface area contributed by atoms with Gasteiger partial charge in [0.15, 0.2) is 5.65 Å². The van der Waals surface area contributed by atoms with Crippen LogP contribution in [-0.2, 0) is 28.8 Å². The molecule has 1 atom stereocenters. The number of hydrogen-bond acceptors (Lipinski definition) is 7. The maximum Gasteiger partial charge on any atom is 0.223 e. The molecule has 172 valence electrons. The lowest BCUT2D eigenvalue weighted by molar-refractivity contribution is -0.139. The van der Waals surface area contributed by atoms with E-state index in [1.54, 1.807) is 14.0 Å². The van der Waals surface area contributed by atoms with Crippen LogP contribution in [0.3, 0.4) is 0 Å². The number of hydrogen-bond donors (Lipinski definition) is 1. The Labute approximate surface area is 193 Å². The van der Waals surface area contributed by atoms with Crippen molar-refractivity contribution >= 4 is 22.8 Å². The van der Waals surface area contributed by atoms with Crippen LogP contribution in [-0.4, -0.2) is 52.6 Å². The van der Waals surface area contributed by atoms with Crippen LogP contribution in [0.1, 0.15) is 47.2 Å². The molecule has 2 aromatic heterocycles. The molecule has 5 rings (SSSR count). The Kier molecular flexibility index (Phi) is 5.85. The molecule has 2 N–H and O–H groups in total. The first-order chi connectivity index (χ1) is 16.0. The van der Waals surface area contributed by atoms with Crippen LogP contribution in [0.15, 0.2) is 24.3 Å². The minimum Gasteiger partial charge on any atom is -0.496 e. The number of nitrogens with zero attached hydrogens (tertiary/aromatic N) is 4. The molecule has 1 saturated heterocycles. The predicted molar refractivity (Wildman–Crippen MR) is 125 cm³/mol. The second-order valence-corrected chi connectivity index (χ2v) is 8.75. The summed E-state index contributed by atoms with van der Waals surface area (Å²) >= 11 is 0. The highest BCUT2D eigenvalue weighted by atomic mass is 16.5. The first kappa shape index (κ1) is 21.6. The fraction of sp³-hybridized carbons (Fsp3) is 0.440. The Hall–Kier alpha value is -3.26. The summed E-state index contributed by atoms with van der Waals surface area (Å²) in [5.41, 5.74) is 11.2. The third-order valence-corrected chi connectivity index (χ3v) is 6.57. The number of morpholine rings is 1. The van der Waals surface area contributed by atoms with Gasteiger partial charge < -0.3 is 20.1 Å². The molecule has 1 amide bonds. The van der Waals surface area contributed by atoms with Gasteiger partial charge in [0.1, 0.15) is 23.5 Å². The number of benzene rings is 1. The van der Waals surface area contributed by atoms with Gasteiger partial charge in [0.25, 0.3) is 0 Å². The van der Waals surface area contributed by atoms with E-state index in [-0.39, 0.29) is 12.0 Å². The molecule has 2 aliphatic rings. The van der Waals surface area contributed by atoms with Crippen LogP contribution in [0.5, 0.6) is 5.75 Å². The van der Waals surface area contributed by atoms with Crippen molar-refractivity contribution < 1.29 is 14.3 Å². The molecular formula is C25H29N5O3. The Morgan fingerprint density at radius 1 is 1.21 bits per heavy atom. The summed E-state index contributed by atoms with van der Waals surface area (Å²) in [6.07, 6.45) is 4.23. The van der Waals surface area contributed by atoms with Crippen molar-refractivity contribution in [3.8, 4) is 5.75 Å². The Morgan fingerprint density at radius 2 is 2.03 bits per heavy atom. The van der Waals surface area contributed by atoms with Crippen molar-refractivity contribution in [3.05, 3.63) is 52.5 Å². The maximum atomic E-state index is 13.1. The van der Waals surface area contributed by atoms with Crippen LogP contribution < -0.4 is 10.5 Å². The maximum absolute atomic E-state index is 13.1. The zero-order valence-corrected chi connectivity index (χ0v) is 19.1. The number of methoxy groups -OCH3 is 1. The number of pyridine rings is 1. The third kappa shape index (κ3) is 4.35. The molecule has 1 fully saturated rings. The summed E-state index contributed by atoms with van der Waals surface area (Å²) < 4.78 is 11.6. The van der Waals surface area contributed by atoms with Gasteiger partial charge in [0.2, 0.25) is 5.91 Å². The number of aryl methyl sites for hydroxylation is 4. The van der Waals surface area contributed by atoms with Crippen LogP contribution in [0.4, 0.5) is 5.82 Å². The van der Waals surface area contributed by atoms with E-state index in [0.29, 0.717) is 49.8 Å². The molecule has 33 heavy (non-hydrogen) atoms. The number of nitrogen functional groups attached to an aromatic ring is 1. The zero-order chi connectivity index (χ0) is 22.9. The molecule has 0 saturated carbocycles. The average molecular weight is 448 g/mol. The molecule has 0 bridgehead atoms. The van der Waals surface area contributed by atoms with Crippen LogP contribution >= 0.6 is 0 Å². The lowest BCUT2D eigenvalue weighted by Gasteiger charge is -2.33. The van der Waals surface area contributed by atoms with Crippen LogP contribution in [0.25, 0.3) is 11.0 Å². The standard InChI is InChI=1S/C25H29N5O3/c1-15-27-24(26)19-7-8-20(29-25(19)28-15)22-14-30(10-11-33-22)23(31)9-6-18-12-16-4-3-5-17(16)13-21(18)32-2/h7-8,12-13,22H,3-6,9-11,14H2,1-2H3,(H2,26,27,28,29). The van der Waals surface area contributed by atoms with Crippen molar-refractivity contribution in [1.29, 1.82) is 0 Å². The summed E-state index contributed by atoms with van der Waals surface area (Å²) in [7, 11) is 1.70. The minimum atomic E-state index is -0.293. The van der Waals surface area contributed by atoms with E-state index >= 15 is 0 Å². The van der Waals surface area contributed by atoms with Gasteiger partial charge in [-0.05, 0) is 67.5 Å². The lowest BCUT2D eigenvalue weighted by Crippen LogP contribution is -2.42. The van der Waals surface area contributed by atoms with Gasteiger partial charge in [-0.2, -0.15) is 0 Å². The summed E-state index contributed by atoms with van der Waals surface area (Å²) in [4.78, 5) is 28.2. The monoisotopic (exact) mass is 447 g/mol. The summed E-state index contributed by atoms with van der Waals surface area (Å²) in [5.74, 6) is 2.00. The predicted octanol–water partition coefficient (Wildman–Crippen LogP) is 2.95. The summed E-state index contributed by atoms with van der Waals surface area (Å²) in [6, 6.07) is 8.13. The fourth-order valence-electron chi connectivity index (χ4n) is 4.83. The molecule has 1 unspecified atom stereocenters. The summed E-state index contributed by atoms with van der Waals surface area (Å²) in [6.45, 7) is 3.32. The zero-order valence-electron chi connectivity index (χ0n) is 19.1. The Morgan fingerprint density at radius 3 is 2.85 bits per heavy atom. The van der Waals surface area contributed by atoms with Gasteiger partial charge in [-0.25, -0.2) is 15.0 Å². The van der Waals surface area contributed by atoms with Gasteiger partial charge in [0, 0.05) is 13.0 Å². The van der Waals surface area contributed by atoms with E-state index in [9.17, 15) is 4.79 Å². The van der Waals surface area contributed by atoms with Gasteiger partial charge in [-0.3, -0.25) is 4.79 Å². The van der Waals surface area contributed by atoms with Gasteiger partial charge in [-0.15, -0.1) is 0 Å². The highest BCUT2D eigenvalue weighted by molar-refractivity contribution is 5.85. The molecule has 1 aliphatic heterocycles. The molecule has 1 aliphatic carbocycles. The first-order valence-electron chi connectivity index (χ1n) is 11.5. The minimum absolute atomic E-state index is 0.119. The molecular weight excluding hydrogens is 418 g/mol. The second kappa shape index (κ2) is 8.94. The third-order valence-electron chi connectivity index (χ3n) is 6.57. The van der Waals surface area contributed by atoms with Gasteiger partial charge in [0.05, 0.1) is 31.3 Å². The Bertz CT molecular complexity index is 1210. The molecule has 8 nitrogen and oxygen atoms in total. The van der Waals surface area contributed by atoms with Gasteiger partial charge >= 0.3 is 0 Å². The van der Waals surface area contributed by atoms with Gasteiger partial charge in [-0.1, -0.05) is 6.07 Å². The first-order valence-corrected chi connectivity index (χ1v) is 11.5. The van der Waals surface area contributed by atoms with Crippen molar-refractivity contribution in [2.45, 2.75) is 45.1 Å². The summed E-state index contributed by atoms with van der Waals surface area (Å²) in [5, 5.41) is 0.719. The molecule has 1 aromatic carbocycles. The second-order valence-electron chi connectivity index (χ2n) is 8.75. The largest absolute Gasteiger partial charge is 0.496 e. The number of fused-ring (bicyclic) bond motifs is 2. The van der Waals surface area contributed by atoms with E-state index in [0.717, 1.165) is 35.2 Å². The number of nitrogens with two attached hydrogens (primary N) is 1. The molecule has 3 aromatic rings. The van der Waals surface area contributed by atoms with Crippen molar-refractivity contribution in [1.82, 2.24) is 19.9 Å². The number of carbonyl (C=O) groups is 1. The van der Waals surface area contributed by atoms with Crippen molar-refractivity contribution in [2.24, 2.45) is 0 Å². The number of carbonyl (C=O) groups excluding carboxylic acids is 1. The average Bonchev–Trinajstić information content (AvgIpc) is 3.28. The quantitative estimate of drug-likeness (QED) is 0.641. The number of ether oxygens (including phenoxy) is 2. The number of aromatic nitrogens is 3. The number of anilines is 1. The lowest BCUT2D eigenvalue weighted by atomic mass is 10.0. The number of amides is 1. The van der Waals surface area contributed by atoms with Crippen LogP contribution in [0, 0.1) is 6.92 Å². The highest BCUT2D eigenvalue weighted by Gasteiger charge is 2.27. The number of rotatable bonds is 5. The molecule has 8 heteroatoms. The molecule has 3 heterocycles. The Balaban J connectivity index is 1.27. The SMILES string of the molecule is COc1cc2c(cc1CCC(=O)N1CCOC(c3ccc4c(N)nc(C)nc4n3)C1)CCC2. The van der Waals surface area contributed by atoms with Crippen LogP contribution in [0.2, 0.25) is 0 Å². The molecule has 0 spiro atoms. The fourth-order valence-corrected chi connectivity index (χ4v) is 4.83. The highest BCUT2D eigenvalue weighted by Crippen LogP contribution is 2.31. The smallest absolute Gasteiger partial charge is 0.223 e. The topological polar surface area (TPSA) is 103 Å². The van der Waals surface area contributed by atoms with E-state index < -0.39 is 0 Å². The van der Waals surface area contributed by atoms with Crippen molar-refractivity contribution in [3.63, 3.8) is 0 Å². The normalized spacial score (nSPS) is 17.9. The van der Waals surface area contributed by atoms with E-state index in [4.69, 9.17) is 15.2 Å². The van der Waals surface area contributed by atoms with E-state index in [2.05, 4.69) is 27.1 Å².